The molecule has 1 heterocycles. The maximum Gasteiger partial charge on any atom is 0.240 e. The van der Waals surface area contributed by atoms with Gasteiger partial charge in [-0.1, -0.05) is 20.8 Å². The molecule has 3 nitrogen and oxygen atoms in total. The molecule has 4 atom stereocenters. The number of carbonyl (C=O) groups is 1. The summed E-state index contributed by atoms with van der Waals surface area (Å²) in [7, 11) is 0. The van der Waals surface area contributed by atoms with Crippen molar-refractivity contribution >= 4 is 5.91 Å². The van der Waals surface area contributed by atoms with Gasteiger partial charge in [0.1, 0.15) is 0 Å². The largest absolute Gasteiger partial charge is 0.323 e. The van der Waals surface area contributed by atoms with Crippen LogP contribution in [0.4, 0.5) is 0 Å². The second-order valence-corrected chi connectivity index (χ2v) is 6.13. The van der Waals surface area contributed by atoms with Crippen LogP contribution in [0.5, 0.6) is 0 Å². The van der Waals surface area contributed by atoms with Crippen molar-refractivity contribution in [2.75, 3.05) is 0 Å². The van der Waals surface area contributed by atoms with Crippen molar-refractivity contribution in [2.24, 2.45) is 11.8 Å². The molecule has 0 spiro atoms. The molecular formula is C14H26N2O. The number of rotatable bonds is 2. The highest BCUT2D eigenvalue weighted by atomic mass is 16.2. The monoisotopic (exact) mass is 238 g/mol. The Morgan fingerprint density at radius 1 is 1.18 bits per heavy atom. The van der Waals surface area contributed by atoms with Gasteiger partial charge in [-0.3, -0.25) is 10.1 Å². The van der Waals surface area contributed by atoms with Gasteiger partial charge in [0.2, 0.25) is 5.91 Å². The smallest absolute Gasteiger partial charge is 0.240 e. The molecule has 0 bridgehead atoms. The lowest BCUT2D eigenvalue weighted by Gasteiger charge is -2.39. The first kappa shape index (κ1) is 12.9. The number of hydrogen-bond donors (Lipinski definition) is 1. The van der Waals surface area contributed by atoms with E-state index in [1.807, 2.05) is 6.92 Å². The Kier molecular flexibility index (Phi) is 3.76. The Labute approximate surface area is 105 Å². The molecule has 1 saturated carbocycles. The van der Waals surface area contributed by atoms with E-state index in [1.54, 1.807) is 0 Å². The van der Waals surface area contributed by atoms with Crippen LogP contribution in [-0.2, 0) is 4.79 Å². The summed E-state index contributed by atoms with van der Waals surface area (Å²) in [4.78, 5) is 14.4. The molecule has 17 heavy (non-hydrogen) atoms. The SMILES string of the molecule is CCC1NC(C)C(=O)N1C1CC(C)CC(C)C1. The van der Waals surface area contributed by atoms with E-state index in [1.165, 1.54) is 19.3 Å². The second-order valence-electron chi connectivity index (χ2n) is 6.13. The molecule has 0 aromatic heterocycles. The van der Waals surface area contributed by atoms with Crippen LogP contribution in [0.3, 0.4) is 0 Å². The molecule has 0 aromatic rings. The molecule has 1 amide bonds. The van der Waals surface area contributed by atoms with E-state index < -0.39 is 0 Å². The molecular weight excluding hydrogens is 212 g/mol. The average molecular weight is 238 g/mol. The van der Waals surface area contributed by atoms with Crippen LogP contribution in [-0.4, -0.2) is 29.1 Å². The van der Waals surface area contributed by atoms with Crippen LogP contribution < -0.4 is 5.32 Å². The molecule has 4 unspecified atom stereocenters. The summed E-state index contributed by atoms with van der Waals surface area (Å²) >= 11 is 0. The quantitative estimate of drug-likeness (QED) is 0.801. The Balaban J connectivity index is 2.11. The number of nitrogens with one attached hydrogen (secondary N) is 1. The van der Waals surface area contributed by atoms with Gasteiger partial charge in [-0.2, -0.15) is 0 Å². The summed E-state index contributed by atoms with van der Waals surface area (Å²) in [6, 6.07) is 0.469. The van der Waals surface area contributed by atoms with Crippen LogP contribution in [0.2, 0.25) is 0 Å². The predicted molar refractivity (Wildman–Crippen MR) is 69.5 cm³/mol. The minimum atomic E-state index is 0.00693. The zero-order chi connectivity index (χ0) is 12.6. The zero-order valence-corrected chi connectivity index (χ0v) is 11.6. The van der Waals surface area contributed by atoms with E-state index >= 15 is 0 Å². The zero-order valence-electron chi connectivity index (χ0n) is 11.6. The van der Waals surface area contributed by atoms with E-state index in [0.29, 0.717) is 11.9 Å². The minimum Gasteiger partial charge on any atom is -0.323 e. The van der Waals surface area contributed by atoms with Gasteiger partial charge >= 0.3 is 0 Å². The van der Waals surface area contributed by atoms with Gasteiger partial charge < -0.3 is 4.90 Å². The first-order chi connectivity index (χ1) is 8.02. The van der Waals surface area contributed by atoms with Crippen molar-refractivity contribution in [3.05, 3.63) is 0 Å². The van der Waals surface area contributed by atoms with Gasteiger partial charge in [0.05, 0.1) is 12.2 Å². The Morgan fingerprint density at radius 2 is 1.76 bits per heavy atom. The van der Waals surface area contributed by atoms with E-state index in [-0.39, 0.29) is 12.2 Å². The summed E-state index contributed by atoms with van der Waals surface area (Å²) in [6.07, 6.45) is 4.95. The lowest BCUT2D eigenvalue weighted by Crippen LogP contribution is -2.47. The number of carbonyl (C=O) groups excluding carboxylic acids is 1. The van der Waals surface area contributed by atoms with Gasteiger partial charge in [-0.15, -0.1) is 0 Å². The summed E-state index contributed by atoms with van der Waals surface area (Å²) in [6.45, 7) is 8.79. The van der Waals surface area contributed by atoms with Crippen molar-refractivity contribution < 1.29 is 4.79 Å². The highest BCUT2D eigenvalue weighted by Gasteiger charge is 2.41. The minimum absolute atomic E-state index is 0.00693. The number of hydrogen-bond acceptors (Lipinski definition) is 2. The number of nitrogens with zero attached hydrogens (tertiary/aromatic N) is 1. The molecule has 0 radical (unpaired) electrons. The van der Waals surface area contributed by atoms with E-state index in [4.69, 9.17) is 0 Å². The van der Waals surface area contributed by atoms with Crippen molar-refractivity contribution in [2.45, 2.75) is 71.6 Å². The normalized spacial score (nSPS) is 43.2. The summed E-state index contributed by atoms with van der Waals surface area (Å²) in [5.41, 5.74) is 0. The highest BCUT2D eigenvalue weighted by Crippen LogP contribution is 2.34. The van der Waals surface area contributed by atoms with Gasteiger partial charge in [0.25, 0.3) is 0 Å². The van der Waals surface area contributed by atoms with Crippen molar-refractivity contribution in [1.82, 2.24) is 10.2 Å². The second kappa shape index (κ2) is 4.97. The number of amides is 1. The fourth-order valence-corrected chi connectivity index (χ4v) is 3.70. The molecule has 98 valence electrons. The predicted octanol–water partition coefficient (Wildman–Crippen LogP) is 2.37. The lowest BCUT2D eigenvalue weighted by atomic mass is 9.79. The Hall–Kier alpha value is -0.570. The van der Waals surface area contributed by atoms with Crippen LogP contribution in [0, 0.1) is 11.8 Å². The average Bonchev–Trinajstić information content (AvgIpc) is 2.53. The lowest BCUT2D eigenvalue weighted by molar-refractivity contribution is -0.133. The first-order valence-corrected chi connectivity index (χ1v) is 7.11. The Bertz CT molecular complexity index is 282. The van der Waals surface area contributed by atoms with Gasteiger partial charge in [0, 0.05) is 6.04 Å². The third-order valence-corrected chi connectivity index (χ3v) is 4.34. The van der Waals surface area contributed by atoms with Crippen LogP contribution >= 0.6 is 0 Å². The molecule has 2 rings (SSSR count). The third kappa shape index (κ3) is 2.49. The van der Waals surface area contributed by atoms with Gasteiger partial charge in [-0.25, -0.2) is 0 Å². The topological polar surface area (TPSA) is 32.3 Å². The van der Waals surface area contributed by atoms with Crippen molar-refractivity contribution in [3.63, 3.8) is 0 Å². The summed E-state index contributed by atoms with van der Waals surface area (Å²) in [5, 5.41) is 3.41. The molecule has 1 aliphatic heterocycles. The molecule has 2 fully saturated rings. The van der Waals surface area contributed by atoms with Crippen LogP contribution in [0.15, 0.2) is 0 Å². The van der Waals surface area contributed by atoms with E-state index in [2.05, 4.69) is 31.0 Å². The highest BCUT2D eigenvalue weighted by molar-refractivity contribution is 5.84. The fraction of sp³-hybridized carbons (Fsp3) is 0.929. The standard InChI is InChI=1S/C14H26N2O/c1-5-13-15-11(4)14(17)16(13)12-7-9(2)6-10(3)8-12/h9-13,15H,5-8H2,1-4H3. The van der Waals surface area contributed by atoms with E-state index in [0.717, 1.165) is 18.3 Å². The summed E-state index contributed by atoms with van der Waals surface area (Å²) in [5.74, 6) is 1.82. The fourth-order valence-electron chi connectivity index (χ4n) is 3.70. The first-order valence-electron chi connectivity index (χ1n) is 7.11. The maximum absolute atomic E-state index is 12.3. The summed E-state index contributed by atoms with van der Waals surface area (Å²) < 4.78 is 0. The molecule has 1 aliphatic carbocycles. The third-order valence-electron chi connectivity index (χ3n) is 4.34. The van der Waals surface area contributed by atoms with Crippen LogP contribution in [0.1, 0.15) is 53.4 Å². The van der Waals surface area contributed by atoms with Gasteiger partial charge in [-0.05, 0) is 44.4 Å². The van der Waals surface area contributed by atoms with Crippen molar-refractivity contribution in [1.29, 1.82) is 0 Å². The van der Waals surface area contributed by atoms with E-state index in [9.17, 15) is 4.79 Å². The molecule has 1 N–H and O–H groups in total. The molecule has 2 aliphatic rings. The van der Waals surface area contributed by atoms with Crippen LogP contribution in [0.25, 0.3) is 0 Å². The van der Waals surface area contributed by atoms with Crippen molar-refractivity contribution in [3.8, 4) is 0 Å². The Morgan fingerprint density at radius 3 is 2.29 bits per heavy atom. The molecule has 3 heteroatoms. The molecule has 1 saturated heterocycles. The molecule has 0 aromatic carbocycles. The maximum atomic E-state index is 12.3. The van der Waals surface area contributed by atoms with Gasteiger partial charge in [0.15, 0.2) is 0 Å².